The summed E-state index contributed by atoms with van der Waals surface area (Å²) in [6.45, 7) is 4.72. The van der Waals surface area contributed by atoms with Crippen LogP contribution < -0.4 is 16.2 Å². The third kappa shape index (κ3) is 6.74. The van der Waals surface area contributed by atoms with Crippen LogP contribution in [0.5, 0.6) is 0 Å². The first kappa shape index (κ1) is 21.6. The number of rotatable bonds is 8. The van der Waals surface area contributed by atoms with Crippen LogP contribution in [-0.2, 0) is 19.5 Å². The normalized spacial score (nSPS) is 11.3. The Morgan fingerprint density at radius 2 is 1.80 bits per heavy atom. The van der Waals surface area contributed by atoms with Crippen molar-refractivity contribution in [1.29, 1.82) is 0 Å². The standard InChI is InChI=1S/C23H26ClN5O/c1-2-25-23(26-13-12-19-10-11-21(24)27-15-19)28-16-18-6-8-20(9-7-18)17-29-14-4-3-5-22(29)30/h3-11,14-15H,2,12-13,16-17H2,1H3,(H2,25,26,28). The molecule has 0 unspecified atom stereocenters. The van der Waals surface area contributed by atoms with Crippen LogP contribution in [0.3, 0.4) is 0 Å². The second-order valence-corrected chi connectivity index (χ2v) is 7.23. The van der Waals surface area contributed by atoms with Gasteiger partial charge in [-0.15, -0.1) is 0 Å². The molecule has 0 saturated heterocycles. The molecule has 30 heavy (non-hydrogen) atoms. The fourth-order valence-corrected chi connectivity index (χ4v) is 3.04. The van der Waals surface area contributed by atoms with E-state index >= 15 is 0 Å². The monoisotopic (exact) mass is 423 g/mol. The van der Waals surface area contributed by atoms with Gasteiger partial charge in [0.1, 0.15) is 5.15 Å². The summed E-state index contributed by atoms with van der Waals surface area (Å²) in [6, 6.07) is 17.1. The van der Waals surface area contributed by atoms with Crippen LogP contribution in [0.4, 0.5) is 0 Å². The summed E-state index contributed by atoms with van der Waals surface area (Å²) >= 11 is 5.82. The highest BCUT2D eigenvalue weighted by Crippen LogP contribution is 2.07. The maximum atomic E-state index is 11.8. The lowest BCUT2D eigenvalue weighted by atomic mass is 10.1. The van der Waals surface area contributed by atoms with Crippen molar-refractivity contribution in [2.45, 2.75) is 26.4 Å². The zero-order chi connectivity index (χ0) is 21.2. The van der Waals surface area contributed by atoms with Gasteiger partial charge in [-0.1, -0.05) is 48.0 Å². The second-order valence-electron chi connectivity index (χ2n) is 6.84. The third-order valence-electron chi connectivity index (χ3n) is 4.53. The van der Waals surface area contributed by atoms with Gasteiger partial charge in [0.15, 0.2) is 5.96 Å². The number of nitrogens with zero attached hydrogens (tertiary/aromatic N) is 3. The van der Waals surface area contributed by atoms with Gasteiger partial charge in [-0.25, -0.2) is 9.98 Å². The number of hydrogen-bond donors (Lipinski definition) is 2. The molecule has 2 aromatic heterocycles. The molecular formula is C23H26ClN5O. The van der Waals surface area contributed by atoms with E-state index in [0.717, 1.165) is 42.2 Å². The molecule has 3 rings (SSSR count). The summed E-state index contributed by atoms with van der Waals surface area (Å²) in [4.78, 5) is 20.6. The molecule has 1 aromatic carbocycles. The van der Waals surface area contributed by atoms with Crippen LogP contribution in [0.15, 0.2) is 76.8 Å². The molecule has 0 atom stereocenters. The number of halogens is 1. The van der Waals surface area contributed by atoms with E-state index in [1.54, 1.807) is 35.2 Å². The maximum absolute atomic E-state index is 11.8. The minimum atomic E-state index is 0.00177. The van der Waals surface area contributed by atoms with Gasteiger partial charge >= 0.3 is 0 Å². The Bertz CT molecular complexity index is 1010. The zero-order valence-electron chi connectivity index (χ0n) is 17.0. The molecule has 6 nitrogen and oxygen atoms in total. The van der Waals surface area contributed by atoms with Crippen LogP contribution in [0.1, 0.15) is 23.6 Å². The summed E-state index contributed by atoms with van der Waals surface area (Å²) in [6.07, 6.45) is 4.43. The van der Waals surface area contributed by atoms with Crippen molar-refractivity contribution >= 4 is 17.6 Å². The van der Waals surface area contributed by atoms with Crippen molar-refractivity contribution in [2.24, 2.45) is 4.99 Å². The van der Waals surface area contributed by atoms with Crippen molar-refractivity contribution in [3.63, 3.8) is 0 Å². The predicted molar refractivity (Wildman–Crippen MR) is 122 cm³/mol. The fourth-order valence-electron chi connectivity index (χ4n) is 2.93. The molecular weight excluding hydrogens is 398 g/mol. The van der Waals surface area contributed by atoms with Gasteiger partial charge in [0.25, 0.3) is 5.56 Å². The van der Waals surface area contributed by atoms with E-state index in [9.17, 15) is 4.79 Å². The number of hydrogen-bond acceptors (Lipinski definition) is 3. The van der Waals surface area contributed by atoms with E-state index < -0.39 is 0 Å². The Labute approximate surface area is 181 Å². The SMILES string of the molecule is CCNC(=NCc1ccc(Cn2ccccc2=O)cc1)NCCc1ccc(Cl)nc1. The molecule has 0 spiro atoms. The van der Waals surface area contributed by atoms with Crippen molar-refractivity contribution in [3.05, 3.63) is 99.2 Å². The van der Waals surface area contributed by atoms with Gasteiger partial charge in [0.05, 0.1) is 13.1 Å². The summed E-state index contributed by atoms with van der Waals surface area (Å²) < 4.78 is 1.69. The fraction of sp³-hybridized carbons (Fsp3) is 0.261. The van der Waals surface area contributed by atoms with Crippen LogP contribution in [0, 0.1) is 0 Å². The minimum Gasteiger partial charge on any atom is -0.357 e. The first-order chi connectivity index (χ1) is 14.6. The quantitative estimate of drug-likeness (QED) is 0.331. The molecule has 0 fully saturated rings. The maximum Gasteiger partial charge on any atom is 0.250 e. The van der Waals surface area contributed by atoms with Gasteiger partial charge in [-0.05, 0) is 42.2 Å². The summed E-state index contributed by atoms with van der Waals surface area (Å²) in [7, 11) is 0. The third-order valence-corrected chi connectivity index (χ3v) is 4.76. The van der Waals surface area contributed by atoms with Gasteiger partial charge in [-0.3, -0.25) is 4.79 Å². The first-order valence-corrected chi connectivity index (χ1v) is 10.4. The Kier molecular flexibility index (Phi) is 8.03. The van der Waals surface area contributed by atoms with Crippen molar-refractivity contribution in [3.8, 4) is 0 Å². The lowest BCUT2D eigenvalue weighted by Crippen LogP contribution is -2.38. The van der Waals surface area contributed by atoms with E-state index in [1.807, 2.05) is 31.2 Å². The largest absolute Gasteiger partial charge is 0.357 e. The van der Waals surface area contributed by atoms with E-state index in [2.05, 4.69) is 32.7 Å². The van der Waals surface area contributed by atoms with Crippen LogP contribution in [-0.4, -0.2) is 28.6 Å². The van der Waals surface area contributed by atoms with Gasteiger partial charge in [-0.2, -0.15) is 0 Å². The average Bonchev–Trinajstić information content (AvgIpc) is 2.76. The van der Waals surface area contributed by atoms with E-state index in [0.29, 0.717) is 18.2 Å². The van der Waals surface area contributed by atoms with E-state index in [1.165, 1.54) is 0 Å². The Hall–Kier alpha value is -3.12. The highest BCUT2D eigenvalue weighted by atomic mass is 35.5. The molecule has 156 valence electrons. The molecule has 0 saturated carbocycles. The number of aliphatic imine (C=N–C) groups is 1. The molecule has 0 radical (unpaired) electrons. The molecule has 2 N–H and O–H groups in total. The molecule has 0 bridgehead atoms. The average molecular weight is 424 g/mol. The topological polar surface area (TPSA) is 71.3 Å². The highest BCUT2D eigenvalue weighted by Gasteiger charge is 2.01. The van der Waals surface area contributed by atoms with E-state index in [-0.39, 0.29) is 5.56 Å². The second kappa shape index (κ2) is 11.2. The van der Waals surface area contributed by atoms with Crippen LogP contribution in [0.25, 0.3) is 0 Å². The van der Waals surface area contributed by atoms with Crippen LogP contribution in [0.2, 0.25) is 5.15 Å². The molecule has 7 heteroatoms. The predicted octanol–water partition coefficient (Wildman–Crippen LogP) is 3.24. The zero-order valence-corrected chi connectivity index (χ0v) is 17.8. The summed E-state index contributed by atoms with van der Waals surface area (Å²) in [5.74, 6) is 0.777. The minimum absolute atomic E-state index is 0.00177. The first-order valence-electron chi connectivity index (χ1n) is 10.00. The molecule has 2 heterocycles. The highest BCUT2D eigenvalue weighted by molar-refractivity contribution is 6.29. The van der Waals surface area contributed by atoms with Gasteiger partial charge in [0, 0.05) is 31.5 Å². The van der Waals surface area contributed by atoms with Crippen LogP contribution >= 0.6 is 11.6 Å². The van der Waals surface area contributed by atoms with Gasteiger partial charge in [0.2, 0.25) is 0 Å². The lowest BCUT2D eigenvalue weighted by Gasteiger charge is -2.11. The van der Waals surface area contributed by atoms with Gasteiger partial charge < -0.3 is 15.2 Å². The summed E-state index contributed by atoms with van der Waals surface area (Å²) in [5, 5.41) is 7.11. The molecule has 3 aromatic rings. The Morgan fingerprint density at radius 3 is 2.50 bits per heavy atom. The smallest absolute Gasteiger partial charge is 0.250 e. The molecule has 0 amide bonds. The number of guanidine groups is 1. The number of benzene rings is 1. The molecule has 0 aliphatic rings. The lowest BCUT2D eigenvalue weighted by molar-refractivity contribution is 0.759. The molecule has 0 aliphatic heterocycles. The van der Waals surface area contributed by atoms with Crippen molar-refractivity contribution < 1.29 is 0 Å². The number of pyridine rings is 2. The Morgan fingerprint density at radius 1 is 1.03 bits per heavy atom. The summed E-state index contributed by atoms with van der Waals surface area (Å²) in [5.41, 5.74) is 3.31. The van der Waals surface area contributed by atoms with E-state index in [4.69, 9.17) is 11.6 Å². The molecule has 0 aliphatic carbocycles. The van der Waals surface area contributed by atoms with Crippen molar-refractivity contribution in [1.82, 2.24) is 20.2 Å². The van der Waals surface area contributed by atoms with Crippen molar-refractivity contribution in [2.75, 3.05) is 13.1 Å². The number of aromatic nitrogens is 2. The Balaban J connectivity index is 1.54. The number of nitrogens with one attached hydrogen (secondary N) is 2.